The number of halogens is 1. The van der Waals surface area contributed by atoms with Gasteiger partial charge in [-0.2, -0.15) is 5.10 Å². The van der Waals surface area contributed by atoms with Gasteiger partial charge in [0, 0.05) is 72.4 Å². The fraction of sp³-hybridized carbons (Fsp3) is 0.240. The van der Waals surface area contributed by atoms with Crippen molar-refractivity contribution in [1.29, 1.82) is 5.41 Å². The molecule has 1 aromatic carbocycles. The van der Waals surface area contributed by atoms with Crippen molar-refractivity contribution in [3.63, 3.8) is 0 Å². The van der Waals surface area contributed by atoms with Gasteiger partial charge in [-0.1, -0.05) is 23.9 Å². The van der Waals surface area contributed by atoms with Crippen molar-refractivity contribution in [2.24, 2.45) is 12.0 Å². The largest absolute Gasteiger partial charge is 0.394 e. The van der Waals surface area contributed by atoms with Crippen LogP contribution in [0.15, 0.2) is 76.1 Å². The molecule has 1 atom stereocenters. The molecule has 1 aliphatic heterocycles. The number of aliphatic imine (C=N–C) groups is 1. The number of aromatic amines is 1. The fourth-order valence-corrected chi connectivity index (χ4v) is 5.05. The number of aromatic nitrogens is 5. The van der Waals surface area contributed by atoms with E-state index < -0.39 is 0 Å². The first-order valence-corrected chi connectivity index (χ1v) is 12.5. The van der Waals surface area contributed by atoms with Crippen LogP contribution in [0.1, 0.15) is 5.69 Å². The van der Waals surface area contributed by atoms with Crippen LogP contribution in [0.4, 0.5) is 10.3 Å². The Bertz CT molecular complexity index is 1400. The van der Waals surface area contributed by atoms with Gasteiger partial charge in [0.15, 0.2) is 5.84 Å². The number of nitrogens with one attached hydrogen (secondary N) is 2. The van der Waals surface area contributed by atoms with Gasteiger partial charge in [0.05, 0.1) is 24.5 Å². The lowest BCUT2D eigenvalue weighted by Crippen LogP contribution is -2.57. The van der Waals surface area contributed by atoms with Crippen LogP contribution < -0.4 is 4.90 Å². The van der Waals surface area contributed by atoms with Crippen molar-refractivity contribution < 1.29 is 9.50 Å². The molecule has 5 rings (SSSR count). The van der Waals surface area contributed by atoms with Gasteiger partial charge in [-0.05, 0) is 18.2 Å². The fourth-order valence-electron chi connectivity index (χ4n) is 4.28. The average Bonchev–Trinajstić information content (AvgIpc) is 3.58. The molecule has 0 bridgehead atoms. The first kappa shape index (κ1) is 24.7. The number of benzene rings is 1. The first-order valence-electron chi connectivity index (χ1n) is 11.7. The van der Waals surface area contributed by atoms with Crippen molar-refractivity contribution in [3.8, 4) is 11.1 Å². The lowest BCUT2D eigenvalue weighted by atomic mass is 10.1. The summed E-state index contributed by atoms with van der Waals surface area (Å²) in [4.78, 5) is 21.8. The highest BCUT2D eigenvalue weighted by Crippen LogP contribution is 2.29. The summed E-state index contributed by atoms with van der Waals surface area (Å²) in [6.07, 6.45) is 9.97. The van der Waals surface area contributed by atoms with Gasteiger partial charge in [-0.15, -0.1) is 0 Å². The summed E-state index contributed by atoms with van der Waals surface area (Å²) in [6, 6.07) is 8.28. The van der Waals surface area contributed by atoms with Gasteiger partial charge in [0.25, 0.3) is 0 Å². The quantitative estimate of drug-likeness (QED) is 0.253. The predicted octanol–water partition coefficient (Wildman–Crippen LogP) is 3.03. The SMILES string of the molecule is Cn1cc(-c2c[nH]c(/C(=N\C=N)N3CCN(c4ncc(Sc5ccccc5F)cn4)[C@H](CO)C3)c2)cn1. The molecule has 0 radical (unpaired) electrons. The van der Waals surface area contributed by atoms with Crippen LogP contribution in [0.5, 0.6) is 0 Å². The molecule has 1 aliphatic rings. The molecule has 0 saturated carbocycles. The summed E-state index contributed by atoms with van der Waals surface area (Å²) in [5.74, 6) is 0.840. The highest BCUT2D eigenvalue weighted by molar-refractivity contribution is 7.99. The maximum atomic E-state index is 14.0. The number of hydrogen-bond acceptors (Lipinski definition) is 7. The van der Waals surface area contributed by atoms with E-state index >= 15 is 0 Å². The second-order valence-electron chi connectivity index (χ2n) is 8.51. The Labute approximate surface area is 217 Å². The van der Waals surface area contributed by atoms with Crippen LogP contribution >= 0.6 is 11.8 Å². The number of nitrogens with zero attached hydrogens (tertiary/aromatic N) is 7. The van der Waals surface area contributed by atoms with Gasteiger partial charge >= 0.3 is 0 Å². The zero-order valence-electron chi connectivity index (χ0n) is 20.1. The number of anilines is 1. The summed E-state index contributed by atoms with van der Waals surface area (Å²) in [5.41, 5.74) is 2.73. The molecular formula is C25H26FN9OS. The summed E-state index contributed by atoms with van der Waals surface area (Å²) >= 11 is 1.26. The Morgan fingerprint density at radius 2 is 2.05 bits per heavy atom. The molecule has 1 fully saturated rings. The van der Waals surface area contributed by atoms with Crippen molar-refractivity contribution in [2.45, 2.75) is 15.8 Å². The van der Waals surface area contributed by atoms with Gasteiger partial charge < -0.3 is 19.9 Å². The van der Waals surface area contributed by atoms with E-state index in [0.29, 0.717) is 36.3 Å². The van der Waals surface area contributed by atoms with E-state index in [4.69, 9.17) is 5.41 Å². The number of hydrogen-bond donors (Lipinski definition) is 3. The zero-order valence-corrected chi connectivity index (χ0v) is 20.9. The molecular weight excluding hydrogens is 493 g/mol. The number of aryl methyl sites for hydroxylation is 1. The highest BCUT2D eigenvalue weighted by atomic mass is 32.2. The molecule has 0 unspecified atom stereocenters. The van der Waals surface area contributed by atoms with Crippen LogP contribution in [0.25, 0.3) is 11.1 Å². The standard InChI is InChI=1S/C25H26FN9OS/c1-33-13-18(10-32-33)17-8-22(28-9-17)24(31-16-27)34-6-7-35(19(14-34)15-36)25-29-11-20(12-30-25)37-23-5-3-2-4-21(23)26/h2-5,8-13,16,19,27-28,36H,6-7,14-15H2,1H3/b27-16?,31-24+/t19-/m0/s1. The van der Waals surface area contributed by atoms with Crippen LogP contribution in [-0.4, -0.2) is 79.2 Å². The number of aliphatic hydroxyl groups excluding tert-OH is 1. The maximum Gasteiger partial charge on any atom is 0.225 e. The molecule has 1 saturated heterocycles. The normalized spacial score (nSPS) is 16.3. The number of rotatable bonds is 7. The van der Waals surface area contributed by atoms with Gasteiger partial charge in [-0.25, -0.2) is 19.4 Å². The molecule has 0 amide bonds. The van der Waals surface area contributed by atoms with E-state index in [9.17, 15) is 9.50 Å². The zero-order chi connectivity index (χ0) is 25.8. The van der Waals surface area contributed by atoms with Crippen LogP contribution in [0.2, 0.25) is 0 Å². The van der Waals surface area contributed by atoms with E-state index in [1.165, 1.54) is 17.8 Å². The van der Waals surface area contributed by atoms with E-state index in [2.05, 4.69) is 25.0 Å². The van der Waals surface area contributed by atoms with Crippen molar-refractivity contribution in [1.82, 2.24) is 29.6 Å². The van der Waals surface area contributed by atoms with Crippen LogP contribution in [0.3, 0.4) is 0 Å². The Kier molecular flexibility index (Phi) is 7.28. The molecule has 12 heteroatoms. The monoisotopic (exact) mass is 519 g/mol. The topological polar surface area (TPSA) is 122 Å². The number of aliphatic hydroxyl groups is 1. The van der Waals surface area contributed by atoms with Crippen molar-refractivity contribution in [3.05, 3.63) is 72.8 Å². The minimum atomic E-state index is -0.287. The summed E-state index contributed by atoms with van der Waals surface area (Å²) < 4.78 is 15.7. The van der Waals surface area contributed by atoms with E-state index in [1.54, 1.807) is 41.5 Å². The minimum Gasteiger partial charge on any atom is -0.394 e. The maximum absolute atomic E-state index is 14.0. The first-order chi connectivity index (χ1) is 18.1. The number of H-pyrrole nitrogens is 1. The van der Waals surface area contributed by atoms with E-state index in [-0.39, 0.29) is 18.5 Å². The summed E-state index contributed by atoms with van der Waals surface area (Å²) in [5, 5.41) is 22.0. The van der Waals surface area contributed by atoms with Gasteiger partial charge in [0.1, 0.15) is 12.2 Å². The Hall–Kier alpha value is -4.03. The second-order valence-corrected chi connectivity index (χ2v) is 9.63. The van der Waals surface area contributed by atoms with Gasteiger partial charge in [-0.3, -0.25) is 10.1 Å². The molecule has 190 valence electrons. The lowest BCUT2D eigenvalue weighted by Gasteiger charge is -2.41. The predicted molar refractivity (Wildman–Crippen MR) is 141 cm³/mol. The number of amidine groups is 1. The third-order valence-electron chi connectivity index (χ3n) is 6.08. The smallest absolute Gasteiger partial charge is 0.225 e. The third-order valence-corrected chi connectivity index (χ3v) is 7.08. The molecule has 0 spiro atoms. The van der Waals surface area contributed by atoms with Gasteiger partial charge in [0.2, 0.25) is 5.95 Å². The van der Waals surface area contributed by atoms with Crippen LogP contribution in [0, 0.1) is 11.2 Å². The molecule has 10 nitrogen and oxygen atoms in total. The minimum absolute atomic E-state index is 0.102. The third kappa shape index (κ3) is 5.39. The van der Waals surface area contributed by atoms with E-state index in [0.717, 1.165) is 28.1 Å². The molecule has 4 aromatic rings. The summed E-state index contributed by atoms with van der Waals surface area (Å²) in [7, 11) is 1.87. The molecule has 3 N–H and O–H groups in total. The Morgan fingerprint density at radius 1 is 1.24 bits per heavy atom. The Balaban J connectivity index is 1.30. The van der Waals surface area contributed by atoms with Crippen molar-refractivity contribution in [2.75, 3.05) is 31.1 Å². The molecule has 37 heavy (non-hydrogen) atoms. The number of piperazine rings is 1. The average molecular weight is 520 g/mol. The van der Waals surface area contributed by atoms with Crippen LogP contribution in [-0.2, 0) is 7.05 Å². The summed E-state index contributed by atoms with van der Waals surface area (Å²) in [6.45, 7) is 1.52. The molecule has 3 aromatic heterocycles. The highest BCUT2D eigenvalue weighted by Gasteiger charge is 2.31. The van der Waals surface area contributed by atoms with E-state index in [1.807, 2.05) is 35.3 Å². The Morgan fingerprint density at radius 3 is 2.76 bits per heavy atom. The molecule has 4 heterocycles. The lowest BCUT2D eigenvalue weighted by molar-refractivity contribution is 0.212. The molecule has 0 aliphatic carbocycles. The second kappa shape index (κ2) is 10.9. The van der Waals surface area contributed by atoms with Crippen molar-refractivity contribution >= 4 is 29.9 Å².